The number of β-amino-alcohol motifs (C(OH)–C–C–N with tert-alkyl or cyclic N) is 1. The van der Waals surface area contributed by atoms with Crippen LogP contribution in [-0.4, -0.2) is 34.5 Å². The van der Waals surface area contributed by atoms with Crippen LogP contribution in [0.15, 0.2) is 34.9 Å². The second-order valence-electron chi connectivity index (χ2n) is 4.81. The maximum atomic E-state index is 9.46. The number of para-hydroxylation sites is 1. The molecule has 2 aromatic rings. The molecule has 1 unspecified atom stereocenters. The second-order valence-corrected chi connectivity index (χ2v) is 4.81. The van der Waals surface area contributed by atoms with Crippen molar-refractivity contribution in [2.45, 2.75) is 25.0 Å². The summed E-state index contributed by atoms with van der Waals surface area (Å²) in [5.74, 6) is 1.99. The van der Waals surface area contributed by atoms with Crippen LogP contribution in [0.4, 0.5) is 0 Å². The summed E-state index contributed by atoms with van der Waals surface area (Å²) in [4.78, 5) is 4.33. The van der Waals surface area contributed by atoms with E-state index in [1.54, 1.807) is 0 Å². The largest absolute Gasteiger partial charge is 0.493 e. The Balaban J connectivity index is 1.50. The van der Waals surface area contributed by atoms with Crippen LogP contribution in [0.5, 0.6) is 5.75 Å². The van der Waals surface area contributed by atoms with Gasteiger partial charge < -0.3 is 19.7 Å². The van der Waals surface area contributed by atoms with Crippen LogP contribution < -0.4 is 10.1 Å². The lowest BCUT2D eigenvalue weighted by Crippen LogP contribution is -2.15. The highest BCUT2D eigenvalue weighted by atomic mass is 16.5. The summed E-state index contributed by atoms with van der Waals surface area (Å²) >= 11 is 0. The van der Waals surface area contributed by atoms with Gasteiger partial charge in [0.25, 0.3) is 0 Å². The number of ether oxygens (including phenoxy) is 1. The molecule has 6 heteroatoms. The van der Waals surface area contributed by atoms with Gasteiger partial charge in [-0.3, -0.25) is 0 Å². The van der Waals surface area contributed by atoms with Crippen molar-refractivity contribution >= 4 is 0 Å². The SMILES string of the molecule is OC1CN[C@H](c2nc(CCOc3ccccc3)no2)C1. The normalized spacial score (nSPS) is 22.1. The van der Waals surface area contributed by atoms with Crippen molar-refractivity contribution in [3.8, 4) is 5.75 Å². The van der Waals surface area contributed by atoms with Gasteiger partial charge in [-0.25, -0.2) is 0 Å². The summed E-state index contributed by atoms with van der Waals surface area (Å²) < 4.78 is 10.8. The molecule has 6 nitrogen and oxygen atoms in total. The molecular weight excluding hydrogens is 258 g/mol. The molecule has 0 spiro atoms. The molecule has 2 N–H and O–H groups in total. The van der Waals surface area contributed by atoms with E-state index in [-0.39, 0.29) is 12.1 Å². The molecule has 20 heavy (non-hydrogen) atoms. The van der Waals surface area contributed by atoms with Crippen molar-refractivity contribution < 1.29 is 14.4 Å². The van der Waals surface area contributed by atoms with E-state index in [1.165, 1.54) is 0 Å². The minimum absolute atomic E-state index is 0.0405. The first-order chi connectivity index (χ1) is 9.81. The highest BCUT2D eigenvalue weighted by molar-refractivity contribution is 5.20. The molecule has 1 aliphatic heterocycles. The predicted molar refractivity (Wildman–Crippen MR) is 71.3 cm³/mol. The average molecular weight is 275 g/mol. The van der Waals surface area contributed by atoms with Gasteiger partial charge in [0, 0.05) is 13.0 Å². The molecule has 1 saturated heterocycles. The molecule has 106 valence electrons. The third-order valence-corrected chi connectivity index (χ3v) is 3.23. The lowest BCUT2D eigenvalue weighted by atomic mass is 10.2. The van der Waals surface area contributed by atoms with E-state index in [9.17, 15) is 5.11 Å². The molecule has 0 amide bonds. The summed E-state index contributed by atoms with van der Waals surface area (Å²) in [6, 6.07) is 9.58. The van der Waals surface area contributed by atoms with E-state index >= 15 is 0 Å². The first-order valence-corrected chi connectivity index (χ1v) is 6.73. The Bertz CT molecular complexity index is 544. The van der Waals surface area contributed by atoms with E-state index in [0.29, 0.717) is 37.7 Å². The van der Waals surface area contributed by atoms with Gasteiger partial charge >= 0.3 is 0 Å². The fraction of sp³-hybridized carbons (Fsp3) is 0.429. The van der Waals surface area contributed by atoms with Gasteiger partial charge in [0.1, 0.15) is 5.75 Å². The number of rotatable bonds is 5. The Kier molecular flexibility index (Phi) is 3.94. The third-order valence-electron chi connectivity index (χ3n) is 3.23. The molecule has 2 heterocycles. The summed E-state index contributed by atoms with van der Waals surface area (Å²) in [5, 5.41) is 16.5. The van der Waals surface area contributed by atoms with Crippen LogP contribution in [0.3, 0.4) is 0 Å². The smallest absolute Gasteiger partial charge is 0.243 e. The Morgan fingerprint density at radius 2 is 2.20 bits per heavy atom. The van der Waals surface area contributed by atoms with Gasteiger partial charge in [-0.2, -0.15) is 4.98 Å². The van der Waals surface area contributed by atoms with Crippen LogP contribution in [0.2, 0.25) is 0 Å². The number of hydrogen-bond acceptors (Lipinski definition) is 6. The zero-order valence-corrected chi connectivity index (χ0v) is 11.0. The number of hydrogen-bond donors (Lipinski definition) is 2. The fourth-order valence-electron chi connectivity index (χ4n) is 2.19. The van der Waals surface area contributed by atoms with E-state index < -0.39 is 0 Å². The van der Waals surface area contributed by atoms with Crippen LogP contribution in [-0.2, 0) is 6.42 Å². The van der Waals surface area contributed by atoms with Crippen LogP contribution in [0, 0.1) is 0 Å². The lowest BCUT2D eigenvalue weighted by molar-refractivity contribution is 0.191. The molecule has 0 radical (unpaired) electrons. The minimum atomic E-state index is -0.336. The number of aliphatic hydroxyl groups excluding tert-OH is 1. The standard InChI is InChI=1S/C14H17N3O3/c18-10-8-12(15-9-10)14-16-13(17-20-14)6-7-19-11-4-2-1-3-5-11/h1-5,10,12,15,18H,6-9H2/t10?,12-/m0/s1. The summed E-state index contributed by atoms with van der Waals surface area (Å²) in [6.45, 7) is 1.07. The van der Waals surface area contributed by atoms with E-state index in [1.807, 2.05) is 30.3 Å². The number of nitrogens with zero attached hydrogens (tertiary/aromatic N) is 2. The van der Waals surface area contributed by atoms with Crippen LogP contribution in [0.25, 0.3) is 0 Å². The average Bonchev–Trinajstić information content (AvgIpc) is 3.09. The molecule has 0 saturated carbocycles. The number of benzene rings is 1. The van der Waals surface area contributed by atoms with Crippen LogP contribution in [0.1, 0.15) is 24.2 Å². The Labute approximate surface area is 116 Å². The minimum Gasteiger partial charge on any atom is -0.493 e. The van der Waals surface area contributed by atoms with Gasteiger partial charge in [-0.05, 0) is 18.6 Å². The number of aliphatic hydroxyl groups is 1. The maximum absolute atomic E-state index is 9.46. The highest BCUT2D eigenvalue weighted by Gasteiger charge is 2.27. The summed E-state index contributed by atoms with van der Waals surface area (Å²) in [5.41, 5.74) is 0. The van der Waals surface area contributed by atoms with Gasteiger partial charge in [0.15, 0.2) is 5.82 Å². The monoisotopic (exact) mass is 275 g/mol. The Morgan fingerprint density at radius 1 is 1.35 bits per heavy atom. The quantitative estimate of drug-likeness (QED) is 0.850. The molecule has 1 aliphatic rings. The summed E-state index contributed by atoms with van der Waals surface area (Å²) in [7, 11) is 0. The summed E-state index contributed by atoms with van der Waals surface area (Å²) in [6.07, 6.45) is 0.868. The van der Waals surface area contributed by atoms with Crippen molar-refractivity contribution in [2.24, 2.45) is 0 Å². The number of aromatic nitrogens is 2. The first-order valence-electron chi connectivity index (χ1n) is 6.73. The number of nitrogens with one attached hydrogen (secondary N) is 1. The van der Waals surface area contributed by atoms with Crippen molar-refractivity contribution in [3.05, 3.63) is 42.0 Å². The van der Waals surface area contributed by atoms with Crippen molar-refractivity contribution in [3.63, 3.8) is 0 Å². The molecule has 0 aliphatic carbocycles. The topological polar surface area (TPSA) is 80.4 Å². The Hall–Kier alpha value is -1.92. The zero-order valence-electron chi connectivity index (χ0n) is 11.0. The maximum Gasteiger partial charge on any atom is 0.243 e. The molecule has 0 bridgehead atoms. The lowest BCUT2D eigenvalue weighted by Gasteiger charge is -2.03. The van der Waals surface area contributed by atoms with Gasteiger partial charge in [0.05, 0.1) is 18.8 Å². The van der Waals surface area contributed by atoms with Gasteiger partial charge in [0.2, 0.25) is 5.89 Å². The second kappa shape index (κ2) is 6.02. The third kappa shape index (κ3) is 3.15. The zero-order chi connectivity index (χ0) is 13.8. The van der Waals surface area contributed by atoms with Gasteiger partial charge in [-0.1, -0.05) is 23.4 Å². The molecule has 1 fully saturated rings. The first kappa shape index (κ1) is 13.1. The predicted octanol–water partition coefficient (Wildman–Crippen LogP) is 1.09. The molecule has 1 aromatic carbocycles. The van der Waals surface area contributed by atoms with Crippen molar-refractivity contribution in [1.29, 1.82) is 0 Å². The molecule has 2 atom stereocenters. The van der Waals surface area contributed by atoms with E-state index in [4.69, 9.17) is 9.26 Å². The van der Waals surface area contributed by atoms with E-state index in [2.05, 4.69) is 15.5 Å². The highest BCUT2D eigenvalue weighted by Crippen LogP contribution is 2.21. The fourth-order valence-corrected chi connectivity index (χ4v) is 2.19. The van der Waals surface area contributed by atoms with Crippen molar-refractivity contribution in [2.75, 3.05) is 13.2 Å². The Morgan fingerprint density at radius 3 is 2.95 bits per heavy atom. The molecule has 3 rings (SSSR count). The van der Waals surface area contributed by atoms with Crippen molar-refractivity contribution in [1.82, 2.24) is 15.5 Å². The van der Waals surface area contributed by atoms with Gasteiger partial charge in [-0.15, -0.1) is 0 Å². The molecule has 1 aromatic heterocycles. The van der Waals surface area contributed by atoms with Crippen LogP contribution >= 0.6 is 0 Å². The van der Waals surface area contributed by atoms with E-state index in [0.717, 1.165) is 5.75 Å². The molecular formula is C14H17N3O3.